The van der Waals surface area contributed by atoms with E-state index in [4.69, 9.17) is 0 Å². The quantitative estimate of drug-likeness (QED) is 0.389. The molecular weight excluding hydrogens is 148 g/mol. The molecule has 0 rings (SSSR count). The van der Waals surface area contributed by atoms with Gasteiger partial charge in [-0.15, -0.1) is 0 Å². The highest BCUT2D eigenvalue weighted by molar-refractivity contribution is 7.75. The van der Waals surface area contributed by atoms with Gasteiger partial charge in [0.2, 0.25) is 0 Å². The van der Waals surface area contributed by atoms with Crippen LogP contribution in [0.5, 0.6) is 0 Å². The number of rotatable bonds is 3. The number of allylic oxidation sites excluding steroid dienone is 1. The molecule has 0 heterocycles. The highest BCUT2D eigenvalue weighted by Gasteiger charge is 2.00. The van der Waals surface area contributed by atoms with E-state index in [1.165, 1.54) is 0 Å². The number of unbranched alkanes of at least 4 members (excludes halogenated alkanes) is 1. The van der Waals surface area contributed by atoms with Crippen molar-refractivity contribution in [1.29, 1.82) is 0 Å². The zero-order valence-electron chi connectivity index (χ0n) is 6.26. The van der Waals surface area contributed by atoms with E-state index in [-0.39, 0.29) is 5.97 Å². The Morgan fingerprint density at radius 1 is 1.70 bits per heavy atom. The first-order valence-corrected chi connectivity index (χ1v) is 3.61. The van der Waals surface area contributed by atoms with Crippen molar-refractivity contribution >= 4 is 18.9 Å². The summed E-state index contributed by atoms with van der Waals surface area (Å²) in [5, 5.41) is 0. The van der Waals surface area contributed by atoms with Crippen LogP contribution >= 0.6 is 12.9 Å². The summed E-state index contributed by atoms with van der Waals surface area (Å²) in [4.78, 5) is 10.7. The van der Waals surface area contributed by atoms with Crippen molar-refractivity contribution in [2.45, 2.75) is 26.7 Å². The van der Waals surface area contributed by atoms with Crippen molar-refractivity contribution in [3.63, 3.8) is 0 Å². The maximum atomic E-state index is 10.7. The Hall–Kier alpha value is -0.440. The lowest BCUT2D eigenvalue weighted by atomic mass is 10.2. The van der Waals surface area contributed by atoms with Gasteiger partial charge in [0.15, 0.2) is 0 Å². The molecule has 10 heavy (non-hydrogen) atoms. The van der Waals surface area contributed by atoms with Crippen LogP contribution in [0.15, 0.2) is 11.6 Å². The van der Waals surface area contributed by atoms with Crippen LogP contribution < -0.4 is 0 Å². The van der Waals surface area contributed by atoms with Crippen LogP contribution in [-0.2, 0) is 8.98 Å². The first kappa shape index (κ1) is 9.56. The molecule has 0 N–H and O–H groups in total. The summed E-state index contributed by atoms with van der Waals surface area (Å²) in [5.41, 5.74) is 0.622. The molecule has 0 unspecified atom stereocenters. The molecule has 0 fully saturated rings. The monoisotopic (exact) mass is 160 g/mol. The van der Waals surface area contributed by atoms with Gasteiger partial charge in [-0.1, -0.05) is 19.4 Å². The molecule has 0 amide bonds. The number of hydrogen-bond donors (Lipinski definition) is 1. The van der Waals surface area contributed by atoms with E-state index < -0.39 is 0 Å². The lowest BCUT2D eigenvalue weighted by Gasteiger charge is -1.94. The van der Waals surface area contributed by atoms with Gasteiger partial charge >= 0.3 is 5.97 Å². The third-order valence-electron chi connectivity index (χ3n) is 1.14. The standard InChI is InChI=1S/C7H12O2S/c1-3-4-5-6(2)7(8)9-10/h5,10H,3-4H2,1-2H3. The molecule has 0 aliphatic carbocycles. The van der Waals surface area contributed by atoms with E-state index >= 15 is 0 Å². The fourth-order valence-electron chi connectivity index (χ4n) is 0.516. The second-order valence-electron chi connectivity index (χ2n) is 2.05. The highest BCUT2D eigenvalue weighted by Crippen LogP contribution is 2.01. The van der Waals surface area contributed by atoms with Crippen LogP contribution in [0.3, 0.4) is 0 Å². The Labute approximate surface area is 66.9 Å². The SMILES string of the molecule is CCCC=C(C)C(=O)OS. The molecular formula is C7H12O2S. The van der Waals surface area contributed by atoms with Crippen LogP contribution in [0, 0.1) is 0 Å². The van der Waals surface area contributed by atoms with E-state index in [9.17, 15) is 4.79 Å². The largest absolute Gasteiger partial charge is 0.391 e. The number of carbonyl (C=O) groups excluding carboxylic acids is 1. The van der Waals surface area contributed by atoms with Gasteiger partial charge in [-0.3, -0.25) is 0 Å². The predicted octanol–water partition coefficient (Wildman–Crippen LogP) is 2.12. The summed E-state index contributed by atoms with van der Waals surface area (Å²) < 4.78 is 4.20. The second kappa shape index (κ2) is 5.35. The zero-order chi connectivity index (χ0) is 7.98. The van der Waals surface area contributed by atoms with Crippen LogP contribution in [-0.4, -0.2) is 5.97 Å². The first-order chi connectivity index (χ1) is 4.72. The minimum atomic E-state index is -0.364. The molecule has 0 aliphatic heterocycles. The lowest BCUT2D eigenvalue weighted by Crippen LogP contribution is -1.97. The van der Waals surface area contributed by atoms with Crippen LogP contribution in [0.4, 0.5) is 0 Å². The highest BCUT2D eigenvalue weighted by atomic mass is 32.1. The fraction of sp³-hybridized carbons (Fsp3) is 0.571. The van der Waals surface area contributed by atoms with E-state index in [1.807, 2.05) is 6.08 Å². The van der Waals surface area contributed by atoms with Crippen molar-refractivity contribution in [2.75, 3.05) is 0 Å². The van der Waals surface area contributed by atoms with Crippen LogP contribution in [0.1, 0.15) is 26.7 Å². The van der Waals surface area contributed by atoms with Gasteiger partial charge in [-0.2, -0.15) is 0 Å². The Morgan fingerprint density at radius 2 is 2.30 bits per heavy atom. The topological polar surface area (TPSA) is 26.3 Å². The molecule has 58 valence electrons. The summed E-state index contributed by atoms with van der Waals surface area (Å²) in [6, 6.07) is 0. The van der Waals surface area contributed by atoms with E-state index in [2.05, 4.69) is 24.0 Å². The number of hydrogen-bond acceptors (Lipinski definition) is 3. The van der Waals surface area contributed by atoms with Gasteiger partial charge < -0.3 is 4.18 Å². The number of carbonyl (C=O) groups is 1. The molecule has 0 aromatic heterocycles. The van der Waals surface area contributed by atoms with Crippen molar-refractivity contribution < 1.29 is 8.98 Å². The fourth-order valence-corrected chi connectivity index (χ4v) is 0.660. The van der Waals surface area contributed by atoms with E-state index in [0.29, 0.717) is 5.57 Å². The minimum absolute atomic E-state index is 0.364. The molecule has 0 radical (unpaired) electrons. The number of thiol groups is 1. The third kappa shape index (κ3) is 3.56. The van der Waals surface area contributed by atoms with E-state index in [0.717, 1.165) is 12.8 Å². The normalized spacial score (nSPS) is 11.3. The molecule has 2 nitrogen and oxygen atoms in total. The zero-order valence-corrected chi connectivity index (χ0v) is 7.15. The second-order valence-corrected chi connectivity index (χ2v) is 2.24. The van der Waals surface area contributed by atoms with Gasteiger partial charge in [0.05, 0.1) is 0 Å². The van der Waals surface area contributed by atoms with Gasteiger partial charge in [-0.25, -0.2) is 4.79 Å². The van der Waals surface area contributed by atoms with Crippen molar-refractivity contribution in [3.8, 4) is 0 Å². The molecule has 0 spiro atoms. The Morgan fingerprint density at radius 3 is 2.70 bits per heavy atom. The average molecular weight is 160 g/mol. The molecule has 0 saturated carbocycles. The third-order valence-corrected chi connectivity index (χ3v) is 1.31. The van der Waals surface area contributed by atoms with E-state index in [1.54, 1.807) is 6.92 Å². The summed E-state index contributed by atoms with van der Waals surface area (Å²) >= 11 is 3.39. The van der Waals surface area contributed by atoms with Gasteiger partial charge in [0.1, 0.15) is 0 Å². The molecule has 0 atom stereocenters. The Balaban J connectivity index is 3.80. The molecule has 0 saturated heterocycles. The average Bonchev–Trinajstić information content (AvgIpc) is 1.98. The maximum Gasteiger partial charge on any atom is 0.345 e. The molecule has 3 heteroatoms. The first-order valence-electron chi connectivity index (χ1n) is 3.24. The predicted molar refractivity (Wildman–Crippen MR) is 43.7 cm³/mol. The maximum absolute atomic E-state index is 10.7. The van der Waals surface area contributed by atoms with Crippen molar-refractivity contribution in [1.82, 2.24) is 0 Å². The van der Waals surface area contributed by atoms with Crippen molar-refractivity contribution in [2.24, 2.45) is 0 Å². The molecule has 0 bridgehead atoms. The van der Waals surface area contributed by atoms with Gasteiger partial charge in [0, 0.05) is 18.5 Å². The van der Waals surface area contributed by atoms with Crippen LogP contribution in [0.2, 0.25) is 0 Å². The molecule has 0 aromatic rings. The molecule has 0 aromatic carbocycles. The van der Waals surface area contributed by atoms with Crippen molar-refractivity contribution in [3.05, 3.63) is 11.6 Å². The van der Waals surface area contributed by atoms with Gasteiger partial charge in [0.25, 0.3) is 0 Å². The van der Waals surface area contributed by atoms with Gasteiger partial charge in [-0.05, 0) is 13.3 Å². The minimum Gasteiger partial charge on any atom is -0.391 e. The Bertz CT molecular complexity index is 141. The summed E-state index contributed by atoms with van der Waals surface area (Å²) in [5.74, 6) is -0.364. The summed E-state index contributed by atoms with van der Waals surface area (Å²) in [6.45, 7) is 3.77. The molecule has 0 aliphatic rings. The lowest BCUT2D eigenvalue weighted by molar-refractivity contribution is -0.128. The summed E-state index contributed by atoms with van der Waals surface area (Å²) in [7, 11) is 0. The smallest absolute Gasteiger partial charge is 0.345 e. The Kier molecular flexibility index (Phi) is 5.12. The summed E-state index contributed by atoms with van der Waals surface area (Å²) in [6.07, 6.45) is 3.80. The van der Waals surface area contributed by atoms with Crippen LogP contribution in [0.25, 0.3) is 0 Å².